The van der Waals surface area contributed by atoms with Crippen LogP contribution in [0.15, 0.2) is 18.2 Å². The molecule has 0 fully saturated rings. The number of aliphatic hydroxyl groups excluding tert-OH is 1. The van der Waals surface area contributed by atoms with Crippen LogP contribution in [0, 0.1) is 12.7 Å². The highest BCUT2D eigenvalue weighted by Crippen LogP contribution is 2.21. The summed E-state index contributed by atoms with van der Waals surface area (Å²) in [5.41, 5.74) is 0.542. The molecule has 2 atom stereocenters. The number of aryl methyl sites for hydroxylation is 1. The summed E-state index contributed by atoms with van der Waals surface area (Å²) in [5, 5.41) is 9.19. The van der Waals surface area contributed by atoms with E-state index in [1.54, 1.807) is 39.0 Å². The quantitative estimate of drug-likeness (QED) is 0.807. The molecule has 0 amide bonds. The van der Waals surface area contributed by atoms with Gasteiger partial charge in [0.05, 0.1) is 6.10 Å². The minimum atomic E-state index is -0.616. The van der Waals surface area contributed by atoms with E-state index < -0.39 is 12.2 Å². The van der Waals surface area contributed by atoms with Crippen LogP contribution in [0.25, 0.3) is 0 Å². The molecule has 3 heteroatoms. The summed E-state index contributed by atoms with van der Waals surface area (Å²) in [7, 11) is 0. The van der Waals surface area contributed by atoms with Crippen LogP contribution in [0.1, 0.15) is 19.4 Å². The average molecular weight is 198 g/mol. The molecule has 0 aliphatic heterocycles. The third-order valence-corrected chi connectivity index (χ3v) is 2.15. The second-order valence-corrected chi connectivity index (χ2v) is 3.45. The molecule has 0 aromatic heterocycles. The Kier molecular flexibility index (Phi) is 3.47. The van der Waals surface area contributed by atoms with Crippen LogP contribution < -0.4 is 4.74 Å². The second-order valence-electron chi connectivity index (χ2n) is 3.45. The first-order chi connectivity index (χ1) is 6.52. The first-order valence-corrected chi connectivity index (χ1v) is 4.62. The Bertz CT molecular complexity index is 310. The molecule has 0 heterocycles. The van der Waals surface area contributed by atoms with Gasteiger partial charge in [0.15, 0.2) is 11.6 Å². The summed E-state index contributed by atoms with van der Waals surface area (Å²) in [5.74, 6) is -0.168. The predicted octanol–water partition coefficient (Wildman–Crippen LogP) is 2.28. The van der Waals surface area contributed by atoms with E-state index in [9.17, 15) is 9.50 Å². The van der Waals surface area contributed by atoms with Crippen molar-refractivity contribution in [1.82, 2.24) is 0 Å². The monoisotopic (exact) mass is 198 g/mol. The second kappa shape index (κ2) is 4.42. The topological polar surface area (TPSA) is 29.5 Å². The number of halogens is 1. The van der Waals surface area contributed by atoms with Gasteiger partial charge in [-0.15, -0.1) is 0 Å². The first kappa shape index (κ1) is 11.0. The minimum absolute atomic E-state index is 0.193. The zero-order chi connectivity index (χ0) is 10.7. The number of hydrogen-bond acceptors (Lipinski definition) is 2. The number of rotatable bonds is 3. The lowest BCUT2D eigenvalue weighted by Gasteiger charge is -2.17. The molecule has 1 aromatic carbocycles. The van der Waals surface area contributed by atoms with E-state index in [2.05, 4.69) is 0 Å². The van der Waals surface area contributed by atoms with Crippen LogP contribution in [-0.2, 0) is 0 Å². The molecule has 1 aromatic rings. The molecule has 1 N–H and O–H groups in total. The van der Waals surface area contributed by atoms with Gasteiger partial charge in [0.25, 0.3) is 0 Å². The zero-order valence-corrected chi connectivity index (χ0v) is 8.62. The van der Waals surface area contributed by atoms with Crippen molar-refractivity contribution in [2.24, 2.45) is 0 Å². The Hall–Kier alpha value is -1.09. The maximum Gasteiger partial charge on any atom is 0.167 e. The van der Waals surface area contributed by atoms with E-state index in [-0.39, 0.29) is 11.6 Å². The molecule has 14 heavy (non-hydrogen) atoms. The van der Waals surface area contributed by atoms with Crippen LogP contribution in [0.5, 0.6) is 5.75 Å². The number of benzene rings is 1. The SMILES string of the molecule is Cc1cccc(OC(C)[C@@H](C)O)c1F. The highest BCUT2D eigenvalue weighted by Gasteiger charge is 2.13. The summed E-state index contributed by atoms with van der Waals surface area (Å²) in [6.07, 6.45) is -1.03. The molecule has 1 rings (SSSR count). The predicted molar refractivity (Wildman–Crippen MR) is 52.9 cm³/mol. The normalized spacial score (nSPS) is 14.9. The van der Waals surface area contributed by atoms with Crippen LogP contribution in [0.4, 0.5) is 4.39 Å². The summed E-state index contributed by atoms with van der Waals surface area (Å²) in [6.45, 7) is 4.99. The molecule has 0 spiro atoms. The Balaban J connectivity index is 2.82. The molecular weight excluding hydrogens is 183 g/mol. The van der Waals surface area contributed by atoms with Gasteiger partial charge in [-0.1, -0.05) is 12.1 Å². The largest absolute Gasteiger partial charge is 0.485 e. The fourth-order valence-electron chi connectivity index (χ4n) is 1.01. The highest BCUT2D eigenvalue weighted by molar-refractivity contribution is 5.30. The van der Waals surface area contributed by atoms with Gasteiger partial charge >= 0.3 is 0 Å². The molecule has 0 aliphatic rings. The van der Waals surface area contributed by atoms with Crippen molar-refractivity contribution in [3.8, 4) is 5.75 Å². The molecule has 0 aliphatic carbocycles. The van der Waals surface area contributed by atoms with E-state index in [1.807, 2.05) is 0 Å². The Morgan fingerprint density at radius 1 is 1.36 bits per heavy atom. The van der Waals surface area contributed by atoms with E-state index >= 15 is 0 Å². The van der Waals surface area contributed by atoms with Crippen molar-refractivity contribution in [1.29, 1.82) is 0 Å². The summed E-state index contributed by atoms with van der Waals surface area (Å²) in [4.78, 5) is 0. The Morgan fingerprint density at radius 3 is 2.57 bits per heavy atom. The van der Waals surface area contributed by atoms with Crippen molar-refractivity contribution in [2.45, 2.75) is 33.0 Å². The maximum absolute atomic E-state index is 13.4. The lowest BCUT2D eigenvalue weighted by atomic mass is 10.2. The van der Waals surface area contributed by atoms with Gasteiger partial charge in [0.2, 0.25) is 0 Å². The van der Waals surface area contributed by atoms with Crippen molar-refractivity contribution >= 4 is 0 Å². The standard InChI is InChI=1S/C11H15FO2/c1-7-5-4-6-10(11(7)12)14-9(3)8(2)13/h4-6,8-9,13H,1-3H3/t8-,9?/m1/s1. The van der Waals surface area contributed by atoms with Gasteiger partial charge in [0, 0.05) is 0 Å². The van der Waals surface area contributed by atoms with Crippen LogP contribution in [0.3, 0.4) is 0 Å². The number of hydrogen-bond donors (Lipinski definition) is 1. The average Bonchev–Trinajstić information content (AvgIpc) is 2.12. The Morgan fingerprint density at radius 2 is 2.00 bits per heavy atom. The van der Waals surface area contributed by atoms with Gasteiger partial charge in [0.1, 0.15) is 6.10 Å². The number of ether oxygens (including phenoxy) is 1. The molecular formula is C11H15FO2. The lowest BCUT2D eigenvalue weighted by molar-refractivity contribution is 0.0578. The van der Waals surface area contributed by atoms with Crippen molar-refractivity contribution in [2.75, 3.05) is 0 Å². The van der Waals surface area contributed by atoms with E-state index in [1.165, 1.54) is 0 Å². The molecule has 0 radical (unpaired) electrons. The van der Waals surface area contributed by atoms with Crippen LogP contribution in [-0.4, -0.2) is 17.3 Å². The molecule has 2 nitrogen and oxygen atoms in total. The summed E-state index contributed by atoms with van der Waals surface area (Å²) >= 11 is 0. The van der Waals surface area contributed by atoms with Crippen LogP contribution >= 0.6 is 0 Å². The smallest absolute Gasteiger partial charge is 0.167 e. The fourth-order valence-corrected chi connectivity index (χ4v) is 1.01. The number of aliphatic hydroxyl groups is 1. The lowest BCUT2D eigenvalue weighted by Crippen LogP contribution is -2.26. The van der Waals surface area contributed by atoms with Gasteiger partial charge < -0.3 is 9.84 Å². The minimum Gasteiger partial charge on any atom is -0.485 e. The maximum atomic E-state index is 13.4. The molecule has 0 bridgehead atoms. The van der Waals surface area contributed by atoms with Crippen molar-refractivity contribution in [3.05, 3.63) is 29.6 Å². The summed E-state index contributed by atoms with van der Waals surface area (Å²) < 4.78 is 18.7. The molecule has 0 saturated heterocycles. The van der Waals surface area contributed by atoms with Crippen molar-refractivity contribution < 1.29 is 14.2 Å². The van der Waals surface area contributed by atoms with E-state index in [0.29, 0.717) is 5.56 Å². The van der Waals surface area contributed by atoms with Gasteiger partial charge in [-0.25, -0.2) is 4.39 Å². The van der Waals surface area contributed by atoms with Gasteiger partial charge in [-0.2, -0.15) is 0 Å². The van der Waals surface area contributed by atoms with Crippen LogP contribution in [0.2, 0.25) is 0 Å². The molecule has 0 saturated carbocycles. The fraction of sp³-hybridized carbons (Fsp3) is 0.455. The van der Waals surface area contributed by atoms with Gasteiger partial charge in [-0.05, 0) is 32.4 Å². The van der Waals surface area contributed by atoms with E-state index in [4.69, 9.17) is 4.74 Å². The Labute approximate surface area is 83.3 Å². The van der Waals surface area contributed by atoms with Gasteiger partial charge in [-0.3, -0.25) is 0 Å². The highest BCUT2D eigenvalue weighted by atomic mass is 19.1. The molecule has 1 unspecified atom stereocenters. The third-order valence-electron chi connectivity index (χ3n) is 2.15. The summed E-state index contributed by atoms with van der Waals surface area (Å²) in [6, 6.07) is 4.96. The molecule has 78 valence electrons. The van der Waals surface area contributed by atoms with Crippen molar-refractivity contribution in [3.63, 3.8) is 0 Å². The van der Waals surface area contributed by atoms with E-state index in [0.717, 1.165) is 0 Å². The zero-order valence-electron chi connectivity index (χ0n) is 8.62. The third kappa shape index (κ3) is 2.45. The first-order valence-electron chi connectivity index (χ1n) is 4.62.